The quantitative estimate of drug-likeness (QED) is 0.465. The molecule has 0 unspecified atom stereocenters. The van der Waals surface area contributed by atoms with Crippen LogP contribution in [0, 0.1) is 0 Å². The van der Waals surface area contributed by atoms with Crippen molar-refractivity contribution in [2.75, 3.05) is 0 Å². The minimum atomic E-state index is -10.1. The Hall–Kier alpha value is -1.49. The lowest BCUT2D eigenvalue weighted by atomic mass is 10.0. The zero-order chi connectivity index (χ0) is 17.9. The monoisotopic (exact) mass is 388 g/mol. The first-order valence-electron chi connectivity index (χ1n) is 5.51. The molecule has 0 saturated carbocycles. The van der Waals surface area contributed by atoms with Crippen LogP contribution in [0.3, 0.4) is 0 Å². The van der Waals surface area contributed by atoms with E-state index in [1.807, 2.05) is 0 Å². The number of carbonyl (C=O) groups excluding carboxylic acids is 1. The first-order chi connectivity index (χ1) is 10.0. The fourth-order valence-corrected chi connectivity index (χ4v) is 2.86. The van der Waals surface area contributed by atoms with Crippen LogP contribution in [0.2, 0.25) is 5.02 Å². The molecule has 1 aliphatic rings. The van der Waals surface area contributed by atoms with E-state index in [0.29, 0.717) is 6.08 Å². The number of carbonyl (C=O) groups is 1. The molecule has 2 nitrogen and oxygen atoms in total. The number of alkyl halides is 3. The van der Waals surface area contributed by atoms with Gasteiger partial charge in [-0.15, -0.1) is 0 Å². The molecule has 130 valence electrons. The van der Waals surface area contributed by atoms with Gasteiger partial charge in [-0.25, -0.2) is 0 Å². The van der Waals surface area contributed by atoms with E-state index >= 15 is 0 Å². The van der Waals surface area contributed by atoms with Crippen molar-refractivity contribution in [2.24, 2.45) is 0 Å². The van der Waals surface area contributed by atoms with Crippen molar-refractivity contribution in [3.8, 4) is 5.75 Å². The van der Waals surface area contributed by atoms with E-state index in [1.165, 1.54) is 0 Å². The molecular formula is C11H5ClF8O2S. The Morgan fingerprint density at radius 2 is 1.70 bits per heavy atom. The van der Waals surface area contributed by atoms with Gasteiger partial charge in [0.15, 0.2) is 0 Å². The summed E-state index contributed by atoms with van der Waals surface area (Å²) in [5.41, 5.74) is -1.87. The van der Waals surface area contributed by atoms with Gasteiger partial charge in [-0.1, -0.05) is 31.0 Å². The summed E-state index contributed by atoms with van der Waals surface area (Å²) < 4.78 is 106. The van der Waals surface area contributed by atoms with Crippen molar-refractivity contribution >= 4 is 34.2 Å². The van der Waals surface area contributed by atoms with Crippen LogP contribution < -0.4 is 4.74 Å². The van der Waals surface area contributed by atoms with Crippen LogP contribution in [0.15, 0.2) is 22.6 Å². The van der Waals surface area contributed by atoms with Crippen molar-refractivity contribution in [2.45, 2.75) is 17.2 Å². The number of benzene rings is 1. The Morgan fingerprint density at radius 1 is 1.13 bits per heavy atom. The lowest BCUT2D eigenvalue weighted by Gasteiger charge is -2.41. The van der Waals surface area contributed by atoms with Crippen molar-refractivity contribution in [3.05, 3.63) is 28.3 Å². The van der Waals surface area contributed by atoms with Gasteiger partial charge in [0.2, 0.25) is 6.10 Å². The third kappa shape index (κ3) is 3.55. The molecule has 0 amide bonds. The van der Waals surface area contributed by atoms with Crippen LogP contribution in [-0.4, -0.2) is 18.6 Å². The second kappa shape index (κ2) is 4.32. The maximum absolute atomic E-state index is 12.8. The predicted molar refractivity (Wildman–Crippen MR) is 67.4 cm³/mol. The molecule has 1 aliphatic heterocycles. The molecule has 0 bridgehead atoms. The van der Waals surface area contributed by atoms with Gasteiger partial charge in [0, 0.05) is 11.1 Å². The molecule has 0 fully saturated rings. The molecule has 1 aromatic rings. The van der Waals surface area contributed by atoms with Crippen LogP contribution in [0.25, 0.3) is 6.08 Å². The molecule has 0 spiro atoms. The van der Waals surface area contributed by atoms with E-state index in [4.69, 9.17) is 11.6 Å². The summed E-state index contributed by atoms with van der Waals surface area (Å²) in [7, 11) is -10.1. The zero-order valence-corrected chi connectivity index (χ0v) is 12.1. The largest absolute Gasteiger partial charge is 0.474 e. The standard InChI is InChI=1S/C11H5ClF8O2S/c12-8-3-7(23(16,17,18,19)20)2-5-1-6(4-21)10(11(13,14)15)22-9(5)8/h1-4,10H/t10-/m0/s1. The Kier molecular flexibility index (Phi) is 3.35. The summed E-state index contributed by atoms with van der Waals surface area (Å²) in [6.45, 7) is 0. The van der Waals surface area contributed by atoms with E-state index in [2.05, 4.69) is 4.74 Å². The Labute approximate surface area is 128 Å². The minimum absolute atomic E-state index is 0.112. The van der Waals surface area contributed by atoms with Gasteiger partial charge in [0.1, 0.15) is 16.9 Å². The van der Waals surface area contributed by atoms with E-state index < -0.39 is 49.3 Å². The molecule has 2 rings (SSSR count). The summed E-state index contributed by atoms with van der Waals surface area (Å²) in [4.78, 5) is 8.28. The van der Waals surface area contributed by atoms with Crippen LogP contribution in [0.5, 0.6) is 5.75 Å². The maximum atomic E-state index is 12.8. The van der Waals surface area contributed by atoms with Crippen molar-refractivity contribution in [1.29, 1.82) is 0 Å². The van der Waals surface area contributed by atoms with Crippen LogP contribution >= 0.6 is 21.8 Å². The Balaban J connectivity index is 2.69. The first-order valence-corrected chi connectivity index (χ1v) is 7.83. The van der Waals surface area contributed by atoms with E-state index in [9.17, 15) is 37.4 Å². The summed E-state index contributed by atoms with van der Waals surface area (Å²) in [5, 5.41) is -1.08. The van der Waals surface area contributed by atoms with E-state index in [0.717, 1.165) is 0 Å². The number of fused-ring (bicyclic) bond motifs is 1. The Morgan fingerprint density at radius 3 is 2.13 bits per heavy atom. The molecular weight excluding hydrogens is 384 g/mol. The number of halogens is 9. The second-order valence-corrected chi connectivity index (χ2v) is 7.41. The van der Waals surface area contributed by atoms with Crippen molar-refractivity contribution in [1.82, 2.24) is 0 Å². The van der Waals surface area contributed by atoms with E-state index in [-0.39, 0.29) is 18.4 Å². The van der Waals surface area contributed by atoms with Gasteiger partial charge in [-0.05, 0) is 18.2 Å². The molecule has 0 saturated heterocycles. The minimum Gasteiger partial charge on any atom is -0.474 e. The second-order valence-electron chi connectivity index (χ2n) is 4.59. The third-order valence-electron chi connectivity index (χ3n) is 2.79. The molecule has 0 aromatic heterocycles. The molecule has 12 heteroatoms. The molecule has 0 radical (unpaired) electrons. The van der Waals surface area contributed by atoms with Crippen molar-refractivity contribution in [3.63, 3.8) is 0 Å². The molecule has 1 aromatic carbocycles. The third-order valence-corrected chi connectivity index (χ3v) is 4.19. The average molecular weight is 389 g/mol. The van der Waals surface area contributed by atoms with Crippen LogP contribution in [-0.2, 0) is 4.79 Å². The molecule has 23 heavy (non-hydrogen) atoms. The smallest absolute Gasteiger partial charge is 0.429 e. The first kappa shape index (κ1) is 17.9. The average Bonchev–Trinajstić information content (AvgIpc) is 2.33. The van der Waals surface area contributed by atoms with Crippen molar-refractivity contribution < 1.29 is 42.1 Å². The summed E-state index contributed by atoms with van der Waals surface area (Å²) >= 11 is 5.36. The molecule has 1 atom stereocenters. The SMILES string of the molecule is O=CC1=Cc2cc(S(F)(F)(F)(F)F)cc(Cl)c2O[C@@H]1C(F)(F)F. The zero-order valence-electron chi connectivity index (χ0n) is 10.5. The predicted octanol–water partition coefficient (Wildman–Crippen LogP) is 5.90. The highest BCUT2D eigenvalue weighted by Crippen LogP contribution is 3.02. The highest BCUT2D eigenvalue weighted by atomic mass is 35.5. The normalized spacial score (nSPS) is 21.4. The Bertz CT molecular complexity index is 722. The van der Waals surface area contributed by atoms with Gasteiger partial charge in [-0.2, -0.15) is 13.2 Å². The molecule has 0 N–H and O–H groups in total. The van der Waals surface area contributed by atoms with Crippen LogP contribution in [0.1, 0.15) is 5.56 Å². The number of hydrogen-bond donors (Lipinski definition) is 0. The van der Waals surface area contributed by atoms with Crippen LogP contribution in [0.4, 0.5) is 32.6 Å². The highest BCUT2D eigenvalue weighted by molar-refractivity contribution is 8.45. The van der Waals surface area contributed by atoms with Gasteiger partial charge in [0.25, 0.3) is 0 Å². The number of rotatable bonds is 2. The molecule has 1 heterocycles. The summed E-state index contributed by atoms with van der Waals surface area (Å²) in [6, 6.07) is -0.325. The fourth-order valence-electron chi connectivity index (χ4n) is 1.84. The number of aldehydes is 1. The summed E-state index contributed by atoms with van der Waals surface area (Å²) in [5.74, 6) is -0.870. The topological polar surface area (TPSA) is 26.3 Å². The van der Waals surface area contributed by atoms with Gasteiger partial charge in [-0.3, -0.25) is 4.79 Å². The highest BCUT2D eigenvalue weighted by Gasteiger charge is 2.65. The lowest BCUT2D eigenvalue weighted by molar-refractivity contribution is -0.184. The maximum Gasteiger partial charge on any atom is 0.429 e. The van der Waals surface area contributed by atoms with Gasteiger partial charge in [0.05, 0.1) is 5.02 Å². The summed E-state index contributed by atoms with van der Waals surface area (Å²) in [6.07, 6.45) is -7.72. The number of ether oxygens (including phenoxy) is 1. The fraction of sp³-hybridized carbons (Fsp3) is 0.182. The van der Waals surface area contributed by atoms with E-state index in [1.54, 1.807) is 0 Å². The van der Waals surface area contributed by atoms with Gasteiger partial charge >= 0.3 is 16.4 Å². The lowest BCUT2D eigenvalue weighted by Crippen LogP contribution is -2.38. The number of hydrogen-bond acceptors (Lipinski definition) is 2. The van der Waals surface area contributed by atoms with Gasteiger partial charge < -0.3 is 4.74 Å². The molecule has 0 aliphatic carbocycles.